The Bertz CT molecular complexity index is 780. The summed E-state index contributed by atoms with van der Waals surface area (Å²) in [6.07, 6.45) is 0.665. The Labute approximate surface area is 162 Å². The Morgan fingerprint density at radius 3 is 2.65 bits per heavy atom. The zero-order valence-corrected chi connectivity index (χ0v) is 15.8. The summed E-state index contributed by atoms with van der Waals surface area (Å²) in [5, 5.41) is 3.33. The molecule has 0 heterocycles. The van der Waals surface area contributed by atoms with Gasteiger partial charge in [0.15, 0.2) is 6.61 Å². The molecule has 5 nitrogen and oxygen atoms in total. The molecule has 0 spiro atoms. The van der Waals surface area contributed by atoms with Crippen LogP contribution in [0.25, 0.3) is 0 Å². The number of amides is 1. The van der Waals surface area contributed by atoms with E-state index in [-0.39, 0.29) is 13.0 Å². The molecule has 7 heteroatoms. The summed E-state index contributed by atoms with van der Waals surface area (Å²) in [7, 11) is 0. The number of hydrogen-bond donors (Lipinski definition) is 1. The number of hydrogen-bond acceptors (Lipinski definition) is 4. The van der Waals surface area contributed by atoms with E-state index in [4.69, 9.17) is 32.7 Å². The predicted molar refractivity (Wildman–Crippen MR) is 102 cm³/mol. The van der Waals surface area contributed by atoms with Crippen LogP contribution in [0.15, 0.2) is 42.5 Å². The molecule has 0 aliphatic rings. The normalized spacial score (nSPS) is 10.3. The Morgan fingerprint density at radius 1 is 1.12 bits per heavy atom. The van der Waals surface area contributed by atoms with E-state index in [1.807, 2.05) is 31.2 Å². The van der Waals surface area contributed by atoms with E-state index in [0.29, 0.717) is 28.8 Å². The molecule has 1 amide bonds. The average Bonchev–Trinajstić information content (AvgIpc) is 2.59. The largest absolute Gasteiger partial charge is 0.494 e. The van der Waals surface area contributed by atoms with Gasteiger partial charge in [-0.3, -0.25) is 9.59 Å². The van der Waals surface area contributed by atoms with Gasteiger partial charge in [0.05, 0.1) is 17.3 Å². The van der Waals surface area contributed by atoms with E-state index in [1.165, 1.54) is 6.07 Å². The van der Waals surface area contributed by atoms with Gasteiger partial charge in [-0.15, -0.1) is 0 Å². The van der Waals surface area contributed by atoms with Crippen LogP contribution in [-0.2, 0) is 14.3 Å². The molecule has 0 radical (unpaired) electrons. The number of rotatable bonds is 8. The van der Waals surface area contributed by atoms with E-state index in [0.717, 1.165) is 11.3 Å². The second kappa shape index (κ2) is 10.0. The molecule has 0 aliphatic carbocycles. The van der Waals surface area contributed by atoms with Crippen molar-refractivity contribution >= 4 is 40.8 Å². The fourth-order valence-corrected chi connectivity index (χ4v) is 2.56. The number of nitrogens with one attached hydrogen (secondary N) is 1. The van der Waals surface area contributed by atoms with Crippen molar-refractivity contribution in [1.29, 1.82) is 0 Å². The lowest BCUT2D eigenvalue weighted by Crippen LogP contribution is -2.21. The fourth-order valence-electron chi connectivity index (χ4n) is 2.11. The summed E-state index contributed by atoms with van der Waals surface area (Å²) in [5.74, 6) is -0.175. The van der Waals surface area contributed by atoms with Gasteiger partial charge in [-0.2, -0.15) is 0 Å². The molecule has 0 aromatic heterocycles. The van der Waals surface area contributed by atoms with Crippen LogP contribution in [-0.4, -0.2) is 25.1 Å². The molecule has 0 saturated carbocycles. The monoisotopic (exact) mass is 395 g/mol. The maximum absolute atomic E-state index is 11.8. The summed E-state index contributed by atoms with van der Waals surface area (Å²) in [6.45, 7) is 1.99. The molecule has 0 bridgehead atoms. The van der Waals surface area contributed by atoms with E-state index in [2.05, 4.69) is 5.32 Å². The first-order chi connectivity index (χ1) is 12.4. The third-order valence-corrected chi connectivity index (χ3v) is 3.90. The molecule has 0 unspecified atom stereocenters. The molecule has 0 atom stereocenters. The van der Waals surface area contributed by atoms with Crippen molar-refractivity contribution in [3.05, 3.63) is 58.1 Å². The van der Waals surface area contributed by atoms with Crippen molar-refractivity contribution < 1.29 is 19.1 Å². The summed E-state index contributed by atoms with van der Waals surface area (Å²) in [6, 6.07) is 12.4. The number of anilines is 1. The van der Waals surface area contributed by atoms with Gasteiger partial charge >= 0.3 is 5.97 Å². The van der Waals surface area contributed by atoms with Crippen LogP contribution in [0.4, 0.5) is 5.69 Å². The molecule has 0 saturated heterocycles. The quantitative estimate of drug-likeness (QED) is 0.522. The van der Waals surface area contributed by atoms with Crippen molar-refractivity contribution in [3.8, 4) is 5.75 Å². The standard InChI is InChI=1S/C19H19Cl2NO4/c1-13-4-2-5-15(10-13)25-9-3-6-19(24)26-12-18(23)22-17-8-7-14(20)11-16(17)21/h2,4-5,7-8,10-11H,3,6,9,12H2,1H3,(H,22,23). The van der Waals surface area contributed by atoms with Gasteiger partial charge in [0.1, 0.15) is 5.75 Å². The lowest BCUT2D eigenvalue weighted by atomic mass is 10.2. The van der Waals surface area contributed by atoms with Gasteiger partial charge in [-0.1, -0.05) is 35.3 Å². The number of carbonyl (C=O) groups excluding carboxylic acids is 2. The zero-order chi connectivity index (χ0) is 18.9. The molecule has 2 rings (SSSR count). The van der Waals surface area contributed by atoms with Crippen molar-refractivity contribution in [1.82, 2.24) is 0 Å². The second-order valence-corrected chi connectivity index (χ2v) is 6.45. The molecule has 0 aliphatic heterocycles. The van der Waals surface area contributed by atoms with Gasteiger partial charge in [0, 0.05) is 11.4 Å². The third-order valence-electron chi connectivity index (χ3n) is 3.35. The van der Waals surface area contributed by atoms with Gasteiger partial charge in [0.2, 0.25) is 0 Å². The predicted octanol–water partition coefficient (Wildman–Crippen LogP) is 4.64. The number of benzene rings is 2. The Balaban J connectivity index is 1.64. The first kappa shape index (κ1) is 20.1. The van der Waals surface area contributed by atoms with E-state index < -0.39 is 11.9 Å². The minimum absolute atomic E-state index is 0.167. The van der Waals surface area contributed by atoms with Crippen LogP contribution in [0.5, 0.6) is 5.75 Å². The van der Waals surface area contributed by atoms with Gasteiger partial charge in [-0.05, 0) is 49.2 Å². The first-order valence-electron chi connectivity index (χ1n) is 8.04. The summed E-state index contributed by atoms with van der Waals surface area (Å²) < 4.78 is 10.5. The lowest BCUT2D eigenvalue weighted by Gasteiger charge is -2.09. The van der Waals surface area contributed by atoms with Crippen LogP contribution < -0.4 is 10.1 Å². The highest BCUT2D eigenvalue weighted by Crippen LogP contribution is 2.25. The minimum Gasteiger partial charge on any atom is -0.494 e. The smallest absolute Gasteiger partial charge is 0.306 e. The number of aryl methyl sites for hydroxylation is 1. The lowest BCUT2D eigenvalue weighted by molar-refractivity contribution is -0.147. The zero-order valence-electron chi connectivity index (χ0n) is 14.3. The first-order valence-corrected chi connectivity index (χ1v) is 8.79. The molecule has 1 N–H and O–H groups in total. The van der Waals surface area contributed by atoms with E-state index >= 15 is 0 Å². The summed E-state index contributed by atoms with van der Waals surface area (Å²) >= 11 is 11.7. The van der Waals surface area contributed by atoms with Crippen molar-refractivity contribution in [2.75, 3.05) is 18.5 Å². The second-order valence-electron chi connectivity index (χ2n) is 5.60. The van der Waals surface area contributed by atoms with Crippen molar-refractivity contribution in [3.63, 3.8) is 0 Å². The van der Waals surface area contributed by atoms with Gasteiger partial charge in [-0.25, -0.2) is 0 Å². The fraction of sp³-hybridized carbons (Fsp3) is 0.263. The van der Waals surface area contributed by atoms with E-state index in [9.17, 15) is 9.59 Å². The van der Waals surface area contributed by atoms with Crippen LogP contribution in [0, 0.1) is 6.92 Å². The molecule has 138 valence electrons. The summed E-state index contributed by atoms with van der Waals surface area (Å²) in [5.41, 5.74) is 1.51. The Morgan fingerprint density at radius 2 is 1.92 bits per heavy atom. The highest BCUT2D eigenvalue weighted by molar-refractivity contribution is 6.36. The topological polar surface area (TPSA) is 64.6 Å². The van der Waals surface area contributed by atoms with E-state index in [1.54, 1.807) is 12.1 Å². The highest BCUT2D eigenvalue weighted by Gasteiger charge is 2.10. The molecule has 2 aromatic rings. The maximum Gasteiger partial charge on any atom is 0.306 e. The molecule has 26 heavy (non-hydrogen) atoms. The van der Waals surface area contributed by atoms with Crippen LogP contribution >= 0.6 is 23.2 Å². The molecular weight excluding hydrogens is 377 g/mol. The highest BCUT2D eigenvalue weighted by atomic mass is 35.5. The number of carbonyl (C=O) groups is 2. The maximum atomic E-state index is 11.8. The third kappa shape index (κ3) is 6.94. The number of ether oxygens (including phenoxy) is 2. The van der Waals surface area contributed by atoms with Crippen LogP contribution in [0.3, 0.4) is 0 Å². The Hall–Kier alpha value is -2.24. The molecular formula is C19H19Cl2NO4. The number of halogens is 2. The van der Waals surface area contributed by atoms with Crippen LogP contribution in [0.1, 0.15) is 18.4 Å². The van der Waals surface area contributed by atoms with Gasteiger partial charge < -0.3 is 14.8 Å². The summed E-state index contributed by atoms with van der Waals surface area (Å²) in [4.78, 5) is 23.5. The van der Waals surface area contributed by atoms with Gasteiger partial charge in [0.25, 0.3) is 5.91 Å². The number of esters is 1. The minimum atomic E-state index is -0.474. The van der Waals surface area contributed by atoms with Crippen molar-refractivity contribution in [2.45, 2.75) is 19.8 Å². The molecule has 2 aromatic carbocycles. The average molecular weight is 396 g/mol. The Kier molecular flexibility index (Phi) is 7.75. The SMILES string of the molecule is Cc1cccc(OCCCC(=O)OCC(=O)Nc2ccc(Cl)cc2Cl)c1. The molecule has 0 fully saturated rings. The van der Waals surface area contributed by atoms with Crippen LogP contribution in [0.2, 0.25) is 10.0 Å². The van der Waals surface area contributed by atoms with Crippen molar-refractivity contribution in [2.24, 2.45) is 0 Å².